The second-order valence-corrected chi connectivity index (χ2v) is 7.51. The first-order chi connectivity index (χ1) is 10.0. The number of nitrogens with one attached hydrogen (secondary N) is 1. The van der Waals surface area contributed by atoms with E-state index < -0.39 is 0 Å². The molecule has 1 aromatic rings. The minimum absolute atomic E-state index is 0.00894. The van der Waals surface area contributed by atoms with Crippen molar-refractivity contribution in [1.82, 2.24) is 10.3 Å². The minimum atomic E-state index is -0.00894. The van der Waals surface area contributed by atoms with Crippen molar-refractivity contribution in [1.29, 1.82) is 0 Å². The molecule has 4 nitrogen and oxygen atoms in total. The molecular formula is C16H27N3OS. The maximum Gasteiger partial charge on any atom is 0.263 e. The fraction of sp³-hybridized carbons (Fsp3) is 0.750. The standard InChI is InChI=1S/C16H27N3OS/c1-10(2)8-13(9-17)19-15(20)14-11(3)18-16(21-14)12-6-4-5-7-12/h10,12-13H,4-9,17H2,1-3H3,(H,19,20). The Kier molecular flexibility index (Phi) is 5.76. The smallest absolute Gasteiger partial charge is 0.263 e. The topological polar surface area (TPSA) is 68.0 Å². The predicted molar refractivity (Wildman–Crippen MR) is 87.8 cm³/mol. The Morgan fingerprint density at radius 2 is 2.10 bits per heavy atom. The number of aryl methyl sites for hydroxylation is 1. The third kappa shape index (κ3) is 4.27. The van der Waals surface area contributed by atoms with E-state index in [0.29, 0.717) is 18.4 Å². The van der Waals surface area contributed by atoms with Crippen LogP contribution in [0.2, 0.25) is 0 Å². The Balaban J connectivity index is 2.04. The van der Waals surface area contributed by atoms with Gasteiger partial charge in [-0.15, -0.1) is 11.3 Å². The van der Waals surface area contributed by atoms with Crippen LogP contribution in [0.3, 0.4) is 0 Å². The molecule has 1 heterocycles. The summed E-state index contributed by atoms with van der Waals surface area (Å²) in [6, 6.07) is 0.0499. The zero-order chi connectivity index (χ0) is 15.4. The lowest BCUT2D eigenvalue weighted by Crippen LogP contribution is -2.41. The van der Waals surface area contributed by atoms with E-state index >= 15 is 0 Å². The van der Waals surface area contributed by atoms with E-state index in [-0.39, 0.29) is 11.9 Å². The van der Waals surface area contributed by atoms with Gasteiger partial charge in [-0.25, -0.2) is 4.98 Å². The van der Waals surface area contributed by atoms with Crippen molar-refractivity contribution in [2.24, 2.45) is 11.7 Å². The zero-order valence-corrected chi connectivity index (χ0v) is 14.1. The molecular weight excluding hydrogens is 282 g/mol. The van der Waals surface area contributed by atoms with E-state index in [4.69, 9.17) is 5.73 Å². The van der Waals surface area contributed by atoms with Crippen molar-refractivity contribution in [2.45, 2.75) is 64.8 Å². The highest BCUT2D eigenvalue weighted by Gasteiger charge is 2.24. The second kappa shape index (κ2) is 7.36. The first kappa shape index (κ1) is 16.4. The predicted octanol–water partition coefficient (Wildman–Crippen LogP) is 3.21. The molecule has 0 spiro atoms. The number of rotatable bonds is 6. The Hall–Kier alpha value is -0.940. The maximum absolute atomic E-state index is 12.4. The summed E-state index contributed by atoms with van der Waals surface area (Å²) in [7, 11) is 0. The fourth-order valence-corrected chi connectivity index (χ4v) is 4.15. The number of thiazole rings is 1. The van der Waals surface area contributed by atoms with E-state index in [1.54, 1.807) is 11.3 Å². The van der Waals surface area contributed by atoms with Crippen molar-refractivity contribution >= 4 is 17.2 Å². The number of nitrogens with zero attached hydrogens (tertiary/aromatic N) is 1. The summed E-state index contributed by atoms with van der Waals surface area (Å²) in [6.45, 7) is 6.71. The second-order valence-electron chi connectivity index (χ2n) is 6.48. The van der Waals surface area contributed by atoms with Crippen LogP contribution in [0.25, 0.3) is 0 Å². The summed E-state index contributed by atoms with van der Waals surface area (Å²) >= 11 is 1.57. The van der Waals surface area contributed by atoms with Gasteiger partial charge in [-0.1, -0.05) is 26.7 Å². The van der Waals surface area contributed by atoms with Crippen molar-refractivity contribution < 1.29 is 4.79 Å². The minimum Gasteiger partial charge on any atom is -0.347 e. The summed E-state index contributed by atoms with van der Waals surface area (Å²) < 4.78 is 0. The van der Waals surface area contributed by atoms with Crippen LogP contribution in [0, 0.1) is 12.8 Å². The lowest BCUT2D eigenvalue weighted by atomic mass is 10.0. The molecule has 1 aliphatic carbocycles. The Morgan fingerprint density at radius 3 is 2.67 bits per heavy atom. The third-order valence-corrected chi connectivity index (χ3v) is 5.42. The summed E-state index contributed by atoms with van der Waals surface area (Å²) in [5, 5.41) is 4.21. The van der Waals surface area contributed by atoms with Crippen LogP contribution in [0.15, 0.2) is 0 Å². The average molecular weight is 309 g/mol. The molecule has 1 aliphatic rings. The van der Waals surface area contributed by atoms with Gasteiger partial charge < -0.3 is 11.1 Å². The quantitative estimate of drug-likeness (QED) is 0.848. The molecule has 1 fully saturated rings. The molecule has 1 amide bonds. The first-order valence-corrected chi connectivity index (χ1v) is 8.81. The van der Waals surface area contributed by atoms with Crippen LogP contribution >= 0.6 is 11.3 Å². The first-order valence-electron chi connectivity index (χ1n) is 7.99. The molecule has 118 valence electrons. The van der Waals surface area contributed by atoms with E-state index in [0.717, 1.165) is 22.0 Å². The van der Waals surface area contributed by atoms with Gasteiger partial charge in [-0.05, 0) is 32.1 Å². The van der Waals surface area contributed by atoms with Crippen molar-refractivity contribution in [3.8, 4) is 0 Å². The molecule has 21 heavy (non-hydrogen) atoms. The molecule has 1 atom stereocenters. The van der Waals surface area contributed by atoms with Crippen LogP contribution in [-0.4, -0.2) is 23.5 Å². The van der Waals surface area contributed by atoms with E-state index in [2.05, 4.69) is 24.1 Å². The highest BCUT2D eigenvalue weighted by Crippen LogP contribution is 2.37. The molecule has 0 aromatic carbocycles. The van der Waals surface area contributed by atoms with Crippen molar-refractivity contribution in [3.63, 3.8) is 0 Å². The number of carbonyl (C=O) groups excluding carboxylic acids is 1. The van der Waals surface area contributed by atoms with E-state index in [1.807, 2.05) is 6.92 Å². The lowest BCUT2D eigenvalue weighted by molar-refractivity contribution is 0.0937. The zero-order valence-electron chi connectivity index (χ0n) is 13.3. The van der Waals surface area contributed by atoms with Gasteiger partial charge in [-0.2, -0.15) is 0 Å². The van der Waals surface area contributed by atoms with Crippen LogP contribution in [0.5, 0.6) is 0 Å². The molecule has 1 saturated carbocycles. The van der Waals surface area contributed by atoms with Crippen LogP contribution in [-0.2, 0) is 0 Å². The lowest BCUT2D eigenvalue weighted by Gasteiger charge is -2.18. The summed E-state index contributed by atoms with van der Waals surface area (Å²) in [5.41, 5.74) is 6.62. The van der Waals surface area contributed by atoms with E-state index in [9.17, 15) is 4.79 Å². The summed E-state index contributed by atoms with van der Waals surface area (Å²) in [6.07, 6.45) is 5.91. The number of hydrogen-bond donors (Lipinski definition) is 2. The van der Waals surface area contributed by atoms with Crippen LogP contribution in [0.1, 0.15) is 72.2 Å². The van der Waals surface area contributed by atoms with E-state index in [1.165, 1.54) is 25.7 Å². The molecule has 1 unspecified atom stereocenters. The highest BCUT2D eigenvalue weighted by atomic mass is 32.1. The van der Waals surface area contributed by atoms with Gasteiger partial charge in [0, 0.05) is 18.5 Å². The third-order valence-electron chi connectivity index (χ3n) is 4.10. The van der Waals surface area contributed by atoms with Crippen LogP contribution in [0.4, 0.5) is 0 Å². The Bertz CT molecular complexity index is 478. The molecule has 0 bridgehead atoms. The Morgan fingerprint density at radius 1 is 1.43 bits per heavy atom. The molecule has 3 N–H and O–H groups in total. The molecule has 2 rings (SSSR count). The number of amides is 1. The van der Waals surface area contributed by atoms with Gasteiger partial charge in [0.25, 0.3) is 5.91 Å². The largest absolute Gasteiger partial charge is 0.347 e. The Labute approximate surface area is 131 Å². The maximum atomic E-state index is 12.4. The van der Waals surface area contributed by atoms with Gasteiger partial charge in [0.15, 0.2) is 0 Å². The average Bonchev–Trinajstić information content (AvgIpc) is 3.05. The summed E-state index contributed by atoms with van der Waals surface area (Å²) in [5.74, 6) is 1.08. The van der Waals surface area contributed by atoms with Gasteiger partial charge >= 0.3 is 0 Å². The number of nitrogens with two attached hydrogens (primary N) is 1. The van der Waals surface area contributed by atoms with Crippen molar-refractivity contribution in [3.05, 3.63) is 15.6 Å². The van der Waals surface area contributed by atoms with Crippen LogP contribution < -0.4 is 11.1 Å². The molecule has 0 aliphatic heterocycles. The van der Waals surface area contributed by atoms with Gasteiger partial charge in [0.1, 0.15) is 4.88 Å². The van der Waals surface area contributed by atoms with Gasteiger partial charge in [0.2, 0.25) is 0 Å². The molecule has 1 aromatic heterocycles. The summed E-state index contributed by atoms with van der Waals surface area (Å²) in [4.78, 5) is 17.8. The highest BCUT2D eigenvalue weighted by molar-refractivity contribution is 7.13. The van der Waals surface area contributed by atoms with Gasteiger partial charge in [0.05, 0.1) is 10.7 Å². The fourth-order valence-electron chi connectivity index (χ4n) is 3.01. The molecule has 0 radical (unpaired) electrons. The number of carbonyl (C=O) groups is 1. The molecule has 5 heteroatoms. The SMILES string of the molecule is Cc1nc(C2CCCC2)sc1C(=O)NC(CN)CC(C)C. The normalized spacial score (nSPS) is 17.4. The van der Waals surface area contributed by atoms with Gasteiger partial charge in [-0.3, -0.25) is 4.79 Å². The van der Waals surface area contributed by atoms with Crippen molar-refractivity contribution in [2.75, 3.05) is 6.54 Å². The number of aromatic nitrogens is 1. The number of hydrogen-bond acceptors (Lipinski definition) is 4. The molecule has 0 saturated heterocycles. The monoisotopic (exact) mass is 309 g/mol.